The molecule has 170 valence electrons. The van der Waals surface area contributed by atoms with Gasteiger partial charge in [0, 0.05) is 36.0 Å². The molecule has 2 N–H and O–H groups in total. The average molecular weight is 454 g/mol. The van der Waals surface area contributed by atoms with Gasteiger partial charge in [-0.1, -0.05) is 6.07 Å². The van der Waals surface area contributed by atoms with Crippen LogP contribution in [0.5, 0.6) is 17.4 Å². The van der Waals surface area contributed by atoms with Crippen LogP contribution >= 0.6 is 0 Å². The summed E-state index contributed by atoms with van der Waals surface area (Å²) in [6, 6.07) is 10.0. The summed E-state index contributed by atoms with van der Waals surface area (Å²) in [5, 5.41) is 4.77. The molecule has 0 spiro atoms. The van der Waals surface area contributed by atoms with Crippen LogP contribution in [0, 0.1) is 0 Å². The Kier molecular flexibility index (Phi) is 4.87. The fourth-order valence-electron chi connectivity index (χ4n) is 4.04. The van der Waals surface area contributed by atoms with E-state index in [0.29, 0.717) is 35.6 Å². The number of nitrogens with zero attached hydrogens (tertiary/aromatic N) is 4. The zero-order valence-electron chi connectivity index (χ0n) is 18.7. The minimum atomic E-state index is -0.184. The zero-order chi connectivity index (χ0) is 23.1. The molecule has 6 rings (SSSR count). The van der Waals surface area contributed by atoms with Crippen molar-refractivity contribution in [2.75, 3.05) is 19.0 Å². The van der Waals surface area contributed by atoms with Gasteiger partial charge in [-0.15, -0.1) is 0 Å². The molecule has 0 radical (unpaired) electrons. The lowest BCUT2D eigenvalue weighted by atomic mass is 10.0. The second-order valence-corrected chi connectivity index (χ2v) is 8.16. The van der Waals surface area contributed by atoms with Crippen molar-refractivity contribution in [3.05, 3.63) is 60.7 Å². The molecule has 0 fully saturated rings. The lowest BCUT2D eigenvalue weighted by Gasteiger charge is -2.16. The Morgan fingerprint density at radius 2 is 1.97 bits per heavy atom. The first-order valence-electron chi connectivity index (χ1n) is 11.0. The van der Waals surface area contributed by atoms with E-state index >= 15 is 0 Å². The van der Waals surface area contributed by atoms with E-state index in [0.717, 1.165) is 33.0 Å². The molecular weight excluding hydrogens is 432 g/mol. The van der Waals surface area contributed by atoms with Crippen LogP contribution in [-0.2, 0) is 6.61 Å². The van der Waals surface area contributed by atoms with Crippen molar-refractivity contribution in [3.63, 3.8) is 0 Å². The second-order valence-electron chi connectivity index (χ2n) is 8.16. The highest BCUT2D eigenvalue weighted by Crippen LogP contribution is 2.36. The van der Waals surface area contributed by atoms with E-state index < -0.39 is 0 Å². The van der Waals surface area contributed by atoms with Crippen LogP contribution in [0.2, 0.25) is 0 Å². The highest BCUT2D eigenvalue weighted by atomic mass is 16.5. The van der Waals surface area contributed by atoms with E-state index in [1.807, 2.05) is 37.4 Å². The molecule has 1 aliphatic rings. The number of benzene rings is 1. The van der Waals surface area contributed by atoms with Crippen LogP contribution in [0.4, 0.5) is 5.95 Å². The molecule has 0 saturated carbocycles. The zero-order valence-corrected chi connectivity index (χ0v) is 18.7. The van der Waals surface area contributed by atoms with Gasteiger partial charge in [-0.25, -0.2) is 0 Å². The fourth-order valence-corrected chi connectivity index (χ4v) is 4.04. The van der Waals surface area contributed by atoms with Gasteiger partial charge >= 0.3 is 0 Å². The number of anilines is 1. The normalized spacial score (nSPS) is 15.5. The van der Waals surface area contributed by atoms with E-state index in [2.05, 4.69) is 36.3 Å². The summed E-state index contributed by atoms with van der Waals surface area (Å²) in [4.78, 5) is 21.3. The SMILES string of the molecule is CNc1nc2c3c(c[nH]c3n1)-c1ccc3ncc(cc3c1)OCC(C)Oc1cncc(c1)CO2. The summed E-state index contributed by atoms with van der Waals surface area (Å²) in [6.45, 7) is 2.60. The third kappa shape index (κ3) is 3.71. The molecule has 1 aromatic carbocycles. The standard InChI is InChI=1S/C25H22N6O3/c1-14-12-32-18-7-17-6-16(3-4-21(17)28-10-18)20-11-29-23-22(20)24(31-25(26-2)30-23)33-13-15-5-19(34-14)9-27-8-15/h3-11,14H,12-13H2,1-2H3,(H2,26,29,30,31). The smallest absolute Gasteiger partial charge is 0.228 e. The van der Waals surface area contributed by atoms with Crippen LogP contribution in [0.1, 0.15) is 12.5 Å². The maximum Gasteiger partial charge on any atom is 0.228 e. The van der Waals surface area contributed by atoms with Gasteiger partial charge < -0.3 is 24.5 Å². The van der Waals surface area contributed by atoms with Crippen molar-refractivity contribution < 1.29 is 14.2 Å². The molecule has 5 heterocycles. The number of fused-ring (bicyclic) bond motifs is 5. The van der Waals surface area contributed by atoms with E-state index in [-0.39, 0.29) is 12.7 Å². The van der Waals surface area contributed by atoms with E-state index in [4.69, 9.17) is 14.2 Å². The predicted molar refractivity (Wildman–Crippen MR) is 128 cm³/mol. The minimum Gasteiger partial charge on any atom is -0.488 e. The summed E-state index contributed by atoms with van der Waals surface area (Å²) >= 11 is 0. The van der Waals surface area contributed by atoms with Crippen LogP contribution in [-0.4, -0.2) is 44.7 Å². The number of H-pyrrole nitrogens is 1. The van der Waals surface area contributed by atoms with Gasteiger partial charge in [0.25, 0.3) is 0 Å². The Labute approximate surface area is 195 Å². The maximum absolute atomic E-state index is 6.21. The summed E-state index contributed by atoms with van der Waals surface area (Å²) in [6.07, 6.45) is 6.90. The Morgan fingerprint density at radius 1 is 1.03 bits per heavy atom. The number of nitrogens with one attached hydrogen (secondary N) is 2. The van der Waals surface area contributed by atoms with Gasteiger partial charge in [-0.3, -0.25) is 9.97 Å². The maximum atomic E-state index is 6.21. The number of rotatable bonds is 1. The molecule has 5 bridgehead atoms. The van der Waals surface area contributed by atoms with Crippen LogP contribution in [0.25, 0.3) is 33.1 Å². The van der Waals surface area contributed by atoms with Crippen molar-refractivity contribution in [1.29, 1.82) is 0 Å². The van der Waals surface area contributed by atoms with Gasteiger partial charge in [-0.05, 0) is 36.8 Å². The van der Waals surface area contributed by atoms with E-state index in [1.165, 1.54) is 0 Å². The van der Waals surface area contributed by atoms with Gasteiger partial charge in [0.1, 0.15) is 36.5 Å². The number of hydrogen-bond acceptors (Lipinski definition) is 8. The van der Waals surface area contributed by atoms with Crippen molar-refractivity contribution in [2.24, 2.45) is 0 Å². The molecule has 1 aliphatic heterocycles. The van der Waals surface area contributed by atoms with E-state index in [9.17, 15) is 0 Å². The largest absolute Gasteiger partial charge is 0.488 e. The summed E-state index contributed by atoms with van der Waals surface area (Å²) < 4.78 is 18.2. The van der Waals surface area contributed by atoms with Crippen LogP contribution < -0.4 is 19.5 Å². The first-order valence-corrected chi connectivity index (χ1v) is 11.0. The monoisotopic (exact) mass is 454 g/mol. The van der Waals surface area contributed by atoms with Gasteiger partial charge in [0.05, 0.1) is 23.3 Å². The lowest BCUT2D eigenvalue weighted by molar-refractivity contribution is 0.142. The highest BCUT2D eigenvalue weighted by molar-refractivity contribution is 5.99. The molecule has 9 heteroatoms. The topological polar surface area (TPSA) is 107 Å². The molecule has 0 saturated heterocycles. The Balaban J connectivity index is 1.54. The number of ether oxygens (including phenoxy) is 3. The molecule has 1 atom stereocenters. The van der Waals surface area contributed by atoms with Crippen molar-refractivity contribution in [2.45, 2.75) is 19.6 Å². The number of pyridine rings is 2. The molecule has 0 amide bonds. The summed E-state index contributed by atoms with van der Waals surface area (Å²) in [7, 11) is 1.78. The molecule has 1 unspecified atom stereocenters. The van der Waals surface area contributed by atoms with Crippen molar-refractivity contribution in [3.8, 4) is 28.5 Å². The van der Waals surface area contributed by atoms with Gasteiger partial charge in [-0.2, -0.15) is 9.97 Å². The Hall–Kier alpha value is -4.40. The number of aromatic nitrogens is 5. The molecule has 4 aromatic heterocycles. The molecule has 34 heavy (non-hydrogen) atoms. The Morgan fingerprint density at radius 3 is 2.88 bits per heavy atom. The minimum absolute atomic E-state index is 0.184. The Bertz CT molecular complexity index is 1520. The van der Waals surface area contributed by atoms with Crippen molar-refractivity contribution >= 4 is 27.9 Å². The average Bonchev–Trinajstić information content (AvgIpc) is 3.29. The third-order valence-electron chi connectivity index (χ3n) is 5.66. The summed E-state index contributed by atoms with van der Waals surface area (Å²) in [5.41, 5.74) is 4.36. The van der Waals surface area contributed by atoms with Gasteiger partial charge in [0.15, 0.2) is 0 Å². The van der Waals surface area contributed by atoms with Gasteiger partial charge in [0.2, 0.25) is 11.8 Å². The quantitative estimate of drug-likeness (QED) is 0.385. The second kappa shape index (κ2) is 8.18. The summed E-state index contributed by atoms with van der Waals surface area (Å²) in [5.74, 6) is 2.27. The van der Waals surface area contributed by atoms with Crippen molar-refractivity contribution in [1.82, 2.24) is 24.9 Å². The molecule has 5 aromatic rings. The first kappa shape index (κ1) is 20.2. The third-order valence-corrected chi connectivity index (χ3v) is 5.66. The lowest BCUT2D eigenvalue weighted by Crippen LogP contribution is -2.21. The van der Waals surface area contributed by atoms with Crippen LogP contribution in [0.15, 0.2) is 55.1 Å². The molecular formula is C25H22N6O3. The fraction of sp³-hybridized carbons (Fsp3) is 0.200. The first-order chi connectivity index (χ1) is 16.7. The highest BCUT2D eigenvalue weighted by Gasteiger charge is 2.17. The van der Waals surface area contributed by atoms with Crippen LogP contribution in [0.3, 0.4) is 0 Å². The number of hydrogen-bond donors (Lipinski definition) is 2. The predicted octanol–water partition coefficient (Wildman–Crippen LogP) is 4.35. The van der Waals surface area contributed by atoms with E-state index in [1.54, 1.807) is 25.6 Å². The molecule has 0 aliphatic carbocycles. The molecule has 9 nitrogen and oxygen atoms in total. The number of aromatic amines is 1.